The fourth-order valence-electron chi connectivity index (χ4n) is 2.63. The SMILES string of the molecule is NC(=O)Nc1[nH]c(-c2cc(Cl)ccc2OCCn2cccc2)cc1C(N)=O. The number of amides is 3. The first-order chi connectivity index (χ1) is 12.9. The minimum absolute atomic E-state index is 0.0991. The third-order valence-corrected chi connectivity index (χ3v) is 4.07. The molecule has 0 atom stereocenters. The minimum Gasteiger partial charge on any atom is -0.491 e. The molecule has 9 heteroatoms. The van der Waals surface area contributed by atoms with Crippen molar-refractivity contribution in [1.29, 1.82) is 0 Å². The van der Waals surface area contributed by atoms with Crippen LogP contribution in [0.5, 0.6) is 5.75 Å². The van der Waals surface area contributed by atoms with Crippen molar-refractivity contribution < 1.29 is 14.3 Å². The highest BCUT2D eigenvalue weighted by Crippen LogP contribution is 2.34. The van der Waals surface area contributed by atoms with E-state index >= 15 is 0 Å². The van der Waals surface area contributed by atoms with Crippen molar-refractivity contribution in [2.75, 3.05) is 11.9 Å². The lowest BCUT2D eigenvalue weighted by Gasteiger charge is -2.12. The first-order valence-electron chi connectivity index (χ1n) is 8.07. The summed E-state index contributed by atoms with van der Waals surface area (Å²) < 4.78 is 7.87. The van der Waals surface area contributed by atoms with Gasteiger partial charge in [-0.25, -0.2) is 4.79 Å². The molecule has 140 valence electrons. The molecule has 2 heterocycles. The van der Waals surface area contributed by atoms with Gasteiger partial charge in [-0.05, 0) is 36.4 Å². The second kappa shape index (κ2) is 7.88. The number of primary amides is 2. The van der Waals surface area contributed by atoms with Crippen LogP contribution in [0.2, 0.25) is 5.02 Å². The van der Waals surface area contributed by atoms with Crippen LogP contribution in [-0.2, 0) is 6.54 Å². The third-order valence-electron chi connectivity index (χ3n) is 3.84. The molecule has 3 amide bonds. The molecule has 0 saturated carbocycles. The smallest absolute Gasteiger partial charge is 0.317 e. The van der Waals surface area contributed by atoms with Gasteiger partial charge in [0.2, 0.25) is 0 Å². The average Bonchev–Trinajstić information content (AvgIpc) is 3.25. The topological polar surface area (TPSA) is 128 Å². The van der Waals surface area contributed by atoms with E-state index in [4.69, 9.17) is 27.8 Å². The van der Waals surface area contributed by atoms with E-state index in [0.717, 1.165) is 0 Å². The highest BCUT2D eigenvalue weighted by atomic mass is 35.5. The molecule has 0 radical (unpaired) electrons. The van der Waals surface area contributed by atoms with E-state index in [1.54, 1.807) is 18.2 Å². The number of benzene rings is 1. The number of hydrogen-bond acceptors (Lipinski definition) is 3. The van der Waals surface area contributed by atoms with Gasteiger partial charge in [0.15, 0.2) is 0 Å². The van der Waals surface area contributed by atoms with Crippen LogP contribution in [0.25, 0.3) is 11.3 Å². The van der Waals surface area contributed by atoms with Gasteiger partial charge in [-0.15, -0.1) is 0 Å². The lowest BCUT2D eigenvalue weighted by Crippen LogP contribution is -2.22. The molecule has 27 heavy (non-hydrogen) atoms. The molecule has 1 aromatic carbocycles. The minimum atomic E-state index is -0.819. The molecule has 0 spiro atoms. The highest BCUT2D eigenvalue weighted by Gasteiger charge is 2.18. The Bertz CT molecular complexity index is 966. The zero-order chi connectivity index (χ0) is 19.4. The van der Waals surface area contributed by atoms with Crippen molar-refractivity contribution in [3.05, 3.63) is 59.4 Å². The number of urea groups is 1. The quantitative estimate of drug-likeness (QED) is 0.497. The van der Waals surface area contributed by atoms with Gasteiger partial charge in [0, 0.05) is 23.0 Å². The summed E-state index contributed by atoms with van der Waals surface area (Å²) >= 11 is 6.12. The number of hydrogen-bond donors (Lipinski definition) is 4. The van der Waals surface area contributed by atoms with E-state index in [2.05, 4.69) is 10.3 Å². The third kappa shape index (κ3) is 4.42. The number of carbonyl (C=O) groups is 2. The highest BCUT2D eigenvalue weighted by molar-refractivity contribution is 6.31. The van der Waals surface area contributed by atoms with Crippen LogP contribution >= 0.6 is 11.6 Å². The Labute approximate surface area is 160 Å². The number of H-pyrrole nitrogens is 1. The van der Waals surface area contributed by atoms with Gasteiger partial charge < -0.3 is 25.8 Å². The summed E-state index contributed by atoms with van der Waals surface area (Å²) in [6.45, 7) is 1.10. The van der Waals surface area contributed by atoms with Crippen LogP contribution in [0.15, 0.2) is 48.8 Å². The fraction of sp³-hybridized carbons (Fsp3) is 0.111. The fourth-order valence-corrected chi connectivity index (χ4v) is 2.81. The molecule has 2 aromatic heterocycles. The van der Waals surface area contributed by atoms with Gasteiger partial charge in [-0.2, -0.15) is 0 Å². The number of anilines is 1. The lowest BCUT2D eigenvalue weighted by atomic mass is 10.1. The number of ether oxygens (including phenoxy) is 1. The maximum Gasteiger partial charge on any atom is 0.317 e. The van der Waals surface area contributed by atoms with E-state index in [1.807, 2.05) is 29.1 Å². The first-order valence-corrected chi connectivity index (χ1v) is 8.44. The molecule has 3 aromatic rings. The Morgan fingerprint density at radius 2 is 1.93 bits per heavy atom. The van der Waals surface area contributed by atoms with Crippen LogP contribution in [0, 0.1) is 0 Å². The van der Waals surface area contributed by atoms with Crippen molar-refractivity contribution in [2.45, 2.75) is 6.54 Å². The van der Waals surface area contributed by atoms with Gasteiger partial charge in [0.25, 0.3) is 5.91 Å². The van der Waals surface area contributed by atoms with E-state index in [9.17, 15) is 9.59 Å². The number of rotatable bonds is 7. The molecule has 6 N–H and O–H groups in total. The van der Waals surface area contributed by atoms with E-state index in [1.165, 1.54) is 6.07 Å². The monoisotopic (exact) mass is 387 g/mol. The molecule has 0 bridgehead atoms. The number of aromatic nitrogens is 2. The van der Waals surface area contributed by atoms with Gasteiger partial charge in [-0.3, -0.25) is 10.1 Å². The number of nitrogens with two attached hydrogens (primary N) is 2. The van der Waals surface area contributed by atoms with Crippen LogP contribution < -0.4 is 21.5 Å². The lowest BCUT2D eigenvalue weighted by molar-refractivity contribution is 0.100. The predicted molar refractivity (Wildman–Crippen MR) is 103 cm³/mol. The number of nitrogens with zero attached hydrogens (tertiary/aromatic N) is 1. The standard InChI is InChI=1S/C18H18ClN5O3/c19-11-3-4-15(27-8-7-24-5-1-2-6-24)12(9-11)14-10-13(16(20)25)17(22-14)23-18(21)26/h1-6,9-10,22H,7-8H2,(H2,20,25)(H3,21,23,26). The summed E-state index contributed by atoms with van der Waals surface area (Å²) in [5, 5.41) is 2.83. The summed E-state index contributed by atoms with van der Waals surface area (Å²) in [4.78, 5) is 25.7. The summed E-state index contributed by atoms with van der Waals surface area (Å²) in [6.07, 6.45) is 3.88. The number of nitrogens with one attached hydrogen (secondary N) is 2. The molecule has 0 aliphatic carbocycles. The molecule has 0 aliphatic heterocycles. The molecular weight excluding hydrogens is 370 g/mol. The summed E-state index contributed by atoms with van der Waals surface area (Å²) in [5.74, 6) is -0.0314. The summed E-state index contributed by atoms with van der Waals surface area (Å²) in [5.41, 5.74) is 11.7. The Balaban J connectivity index is 1.89. The Morgan fingerprint density at radius 1 is 1.19 bits per heavy atom. The van der Waals surface area contributed by atoms with Crippen molar-refractivity contribution in [3.8, 4) is 17.0 Å². The first kappa shape index (κ1) is 18.4. The molecule has 8 nitrogen and oxygen atoms in total. The van der Waals surface area contributed by atoms with Gasteiger partial charge >= 0.3 is 6.03 Å². The Morgan fingerprint density at radius 3 is 2.59 bits per heavy atom. The summed E-state index contributed by atoms with van der Waals surface area (Å²) in [6, 6.07) is 9.70. The summed E-state index contributed by atoms with van der Waals surface area (Å²) in [7, 11) is 0. The largest absolute Gasteiger partial charge is 0.491 e. The predicted octanol–water partition coefficient (Wildman–Crippen LogP) is 2.81. The zero-order valence-electron chi connectivity index (χ0n) is 14.2. The maximum atomic E-state index is 11.7. The molecule has 0 saturated heterocycles. The van der Waals surface area contributed by atoms with Crippen molar-refractivity contribution in [1.82, 2.24) is 9.55 Å². The maximum absolute atomic E-state index is 11.7. The van der Waals surface area contributed by atoms with Gasteiger partial charge in [-0.1, -0.05) is 11.6 Å². The van der Waals surface area contributed by atoms with E-state index in [0.29, 0.717) is 35.2 Å². The van der Waals surface area contributed by atoms with Crippen molar-refractivity contribution in [2.24, 2.45) is 11.5 Å². The van der Waals surface area contributed by atoms with E-state index < -0.39 is 11.9 Å². The normalized spacial score (nSPS) is 10.6. The van der Waals surface area contributed by atoms with Crippen LogP contribution in [0.4, 0.5) is 10.6 Å². The van der Waals surface area contributed by atoms with Gasteiger partial charge in [0.1, 0.15) is 18.2 Å². The average molecular weight is 388 g/mol. The van der Waals surface area contributed by atoms with Crippen LogP contribution in [-0.4, -0.2) is 28.1 Å². The molecule has 0 unspecified atom stereocenters. The number of carbonyl (C=O) groups excluding carboxylic acids is 2. The zero-order valence-corrected chi connectivity index (χ0v) is 15.0. The molecular formula is C18H18ClN5O3. The van der Waals surface area contributed by atoms with Gasteiger partial charge in [0.05, 0.1) is 17.8 Å². The van der Waals surface area contributed by atoms with Crippen molar-refractivity contribution in [3.63, 3.8) is 0 Å². The molecule has 3 rings (SSSR count). The number of aromatic amines is 1. The van der Waals surface area contributed by atoms with Crippen LogP contribution in [0.3, 0.4) is 0 Å². The van der Waals surface area contributed by atoms with Crippen LogP contribution in [0.1, 0.15) is 10.4 Å². The second-order valence-electron chi connectivity index (χ2n) is 5.74. The molecule has 0 aliphatic rings. The number of halogens is 1. The van der Waals surface area contributed by atoms with E-state index in [-0.39, 0.29) is 11.4 Å². The Kier molecular flexibility index (Phi) is 5.37. The Hall–Kier alpha value is -3.39. The van der Waals surface area contributed by atoms with Crippen molar-refractivity contribution >= 4 is 29.4 Å². The molecule has 0 fully saturated rings. The second-order valence-corrected chi connectivity index (χ2v) is 6.17.